The van der Waals surface area contributed by atoms with Crippen LogP contribution in [0.4, 0.5) is 0 Å². The van der Waals surface area contributed by atoms with Crippen LogP contribution >= 0.6 is 0 Å². The smallest absolute Gasteiger partial charge is 0.321 e. The lowest BCUT2D eigenvalue weighted by atomic mass is 10.4. The van der Waals surface area contributed by atoms with Gasteiger partial charge in [0.25, 0.3) is 0 Å². The maximum Gasteiger partial charge on any atom is 0.321 e. The Bertz CT molecular complexity index is 564. The van der Waals surface area contributed by atoms with Crippen LogP contribution in [-0.4, -0.2) is 41.8 Å². The van der Waals surface area contributed by atoms with Gasteiger partial charge in [-0.3, -0.25) is 9.00 Å². The summed E-state index contributed by atoms with van der Waals surface area (Å²) in [6.45, 7) is 0. The van der Waals surface area contributed by atoms with Gasteiger partial charge in [0.1, 0.15) is 6.04 Å². The Morgan fingerprint density at radius 2 is 1.89 bits per heavy atom. The number of benzene rings is 1. The van der Waals surface area contributed by atoms with Crippen LogP contribution in [0, 0.1) is 0 Å². The first-order chi connectivity index (χ1) is 8.21. The van der Waals surface area contributed by atoms with Gasteiger partial charge in [-0.15, -0.1) is 0 Å². The highest BCUT2D eigenvalue weighted by Crippen LogP contribution is 2.13. The van der Waals surface area contributed by atoms with E-state index in [4.69, 9.17) is 10.8 Å². The Labute approximate surface area is 107 Å². The molecule has 0 fully saturated rings. The Kier molecular flexibility index (Phi) is 4.60. The van der Waals surface area contributed by atoms with Gasteiger partial charge < -0.3 is 10.8 Å². The SMILES string of the molecule is CS(=O)(=O)c1ccc(S(=O)CC(N)C(=O)O)cc1. The number of carboxylic acids is 1. The minimum atomic E-state index is -3.30. The van der Waals surface area contributed by atoms with Crippen LogP contribution in [0.25, 0.3) is 0 Å². The molecule has 0 spiro atoms. The molecule has 1 rings (SSSR count). The van der Waals surface area contributed by atoms with Crippen LogP contribution < -0.4 is 5.73 Å². The molecule has 18 heavy (non-hydrogen) atoms. The zero-order chi connectivity index (χ0) is 13.9. The number of aliphatic carboxylic acids is 1. The molecule has 1 aromatic carbocycles. The summed E-state index contributed by atoms with van der Waals surface area (Å²) in [5.74, 6) is -1.44. The molecule has 2 atom stereocenters. The Morgan fingerprint density at radius 3 is 2.28 bits per heavy atom. The fourth-order valence-corrected chi connectivity index (χ4v) is 2.90. The number of sulfone groups is 1. The summed E-state index contributed by atoms with van der Waals surface area (Å²) < 4.78 is 34.2. The normalized spacial score (nSPS) is 15.0. The van der Waals surface area contributed by atoms with Crippen molar-refractivity contribution in [1.29, 1.82) is 0 Å². The molecule has 6 nitrogen and oxygen atoms in total. The maximum atomic E-state index is 11.7. The lowest BCUT2D eigenvalue weighted by Gasteiger charge is -2.06. The minimum absolute atomic E-state index is 0.116. The van der Waals surface area contributed by atoms with Gasteiger partial charge in [0.2, 0.25) is 0 Å². The van der Waals surface area contributed by atoms with Crippen molar-refractivity contribution in [3.8, 4) is 0 Å². The van der Waals surface area contributed by atoms with E-state index >= 15 is 0 Å². The second-order valence-electron chi connectivity index (χ2n) is 3.70. The predicted octanol–water partition coefficient (Wildman–Crippen LogP) is -0.390. The first-order valence-corrected chi connectivity index (χ1v) is 8.09. The minimum Gasteiger partial charge on any atom is -0.480 e. The molecule has 100 valence electrons. The van der Waals surface area contributed by atoms with Crippen molar-refractivity contribution in [3.63, 3.8) is 0 Å². The standard InChI is InChI=1S/C10H13NO5S2/c1-18(15,16)8-4-2-7(3-5-8)17(14)6-9(11)10(12)13/h2-5,9H,6,11H2,1H3,(H,12,13). The highest BCUT2D eigenvalue weighted by Gasteiger charge is 2.17. The summed E-state index contributed by atoms with van der Waals surface area (Å²) in [6.07, 6.45) is 1.07. The Morgan fingerprint density at radius 1 is 1.39 bits per heavy atom. The number of nitrogens with two attached hydrogens (primary N) is 1. The van der Waals surface area contributed by atoms with E-state index in [1.165, 1.54) is 24.3 Å². The van der Waals surface area contributed by atoms with Crippen molar-refractivity contribution in [2.45, 2.75) is 15.8 Å². The van der Waals surface area contributed by atoms with E-state index in [9.17, 15) is 17.4 Å². The molecule has 0 bridgehead atoms. The molecule has 0 aliphatic heterocycles. The molecule has 0 aliphatic carbocycles. The molecule has 0 aromatic heterocycles. The second-order valence-corrected chi connectivity index (χ2v) is 7.21. The van der Waals surface area contributed by atoms with Crippen LogP contribution in [0.3, 0.4) is 0 Å². The molecule has 0 saturated heterocycles. The van der Waals surface area contributed by atoms with E-state index in [0.717, 1.165) is 6.26 Å². The molecule has 0 radical (unpaired) electrons. The number of hydrogen-bond donors (Lipinski definition) is 2. The van der Waals surface area contributed by atoms with Crippen molar-refractivity contribution in [2.24, 2.45) is 5.73 Å². The molecular formula is C10H13NO5S2. The van der Waals surface area contributed by atoms with E-state index < -0.39 is 32.6 Å². The first kappa shape index (κ1) is 14.8. The first-order valence-electron chi connectivity index (χ1n) is 4.88. The zero-order valence-electron chi connectivity index (χ0n) is 9.57. The number of rotatable bonds is 5. The van der Waals surface area contributed by atoms with Gasteiger partial charge in [-0.25, -0.2) is 8.42 Å². The van der Waals surface area contributed by atoms with Crippen LogP contribution in [0.5, 0.6) is 0 Å². The van der Waals surface area contributed by atoms with E-state index in [-0.39, 0.29) is 10.6 Å². The van der Waals surface area contributed by atoms with Crippen molar-refractivity contribution in [2.75, 3.05) is 12.0 Å². The van der Waals surface area contributed by atoms with E-state index in [1.807, 2.05) is 0 Å². The van der Waals surface area contributed by atoms with Gasteiger partial charge in [-0.1, -0.05) is 0 Å². The topological polar surface area (TPSA) is 115 Å². The zero-order valence-corrected chi connectivity index (χ0v) is 11.2. The van der Waals surface area contributed by atoms with Crippen LogP contribution in [-0.2, 0) is 25.4 Å². The summed E-state index contributed by atoms with van der Waals surface area (Å²) in [6, 6.07) is 4.23. The highest BCUT2D eigenvalue weighted by molar-refractivity contribution is 7.90. The fraction of sp³-hybridized carbons (Fsp3) is 0.300. The average molecular weight is 291 g/mol. The lowest BCUT2D eigenvalue weighted by molar-refractivity contribution is -0.137. The lowest BCUT2D eigenvalue weighted by Crippen LogP contribution is -2.35. The molecule has 0 heterocycles. The van der Waals surface area contributed by atoms with Gasteiger partial charge in [-0.05, 0) is 24.3 Å². The van der Waals surface area contributed by atoms with Gasteiger partial charge in [0.05, 0.1) is 21.4 Å². The van der Waals surface area contributed by atoms with E-state index in [1.54, 1.807) is 0 Å². The van der Waals surface area contributed by atoms with Gasteiger partial charge in [0.15, 0.2) is 9.84 Å². The molecule has 0 amide bonds. The molecule has 8 heteroatoms. The maximum absolute atomic E-state index is 11.7. The average Bonchev–Trinajstić information content (AvgIpc) is 2.27. The van der Waals surface area contributed by atoms with Crippen molar-refractivity contribution < 1.29 is 22.5 Å². The summed E-state index contributed by atoms with van der Waals surface area (Å²) in [4.78, 5) is 11.0. The third kappa shape index (κ3) is 3.90. The van der Waals surface area contributed by atoms with Crippen LogP contribution in [0.1, 0.15) is 0 Å². The van der Waals surface area contributed by atoms with Crippen molar-refractivity contribution in [3.05, 3.63) is 24.3 Å². The summed E-state index contributed by atoms with van der Waals surface area (Å²) in [5.41, 5.74) is 5.27. The second kappa shape index (κ2) is 5.59. The number of carbonyl (C=O) groups is 1. The number of carboxylic acid groups (broad SMARTS) is 1. The molecule has 2 unspecified atom stereocenters. The third-order valence-electron chi connectivity index (χ3n) is 2.16. The molecule has 3 N–H and O–H groups in total. The molecule has 0 aliphatic rings. The van der Waals surface area contributed by atoms with Crippen LogP contribution in [0.2, 0.25) is 0 Å². The van der Waals surface area contributed by atoms with Gasteiger partial charge in [-0.2, -0.15) is 0 Å². The third-order valence-corrected chi connectivity index (χ3v) is 4.75. The Hall–Kier alpha value is -1.25. The largest absolute Gasteiger partial charge is 0.480 e. The van der Waals surface area contributed by atoms with E-state index in [2.05, 4.69) is 0 Å². The highest BCUT2D eigenvalue weighted by atomic mass is 32.2. The predicted molar refractivity (Wildman–Crippen MR) is 66.4 cm³/mol. The summed E-state index contributed by atoms with van der Waals surface area (Å²) in [7, 11) is -4.87. The number of hydrogen-bond acceptors (Lipinski definition) is 5. The van der Waals surface area contributed by atoms with Crippen LogP contribution in [0.15, 0.2) is 34.1 Å². The summed E-state index contributed by atoms with van der Waals surface area (Å²) >= 11 is 0. The quantitative estimate of drug-likeness (QED) is 0.763. The van der Waals surface area contributed by atoms with Gasteiger partial charge in [0, 0.05) is 11.2 Å². The molecule has 1 aromatic rings. The Balaban J connectivity index is 2.86. The van der Waals surface area contributed by atoms with Crippen molar-refractivity contribution in [1.82, 2.24) is 0 Å². The monoisotopic (exact) mass is 291 g/mol. The molecule has 0 saturated carbocycles. The molecular weight excluding hydrogens is 278 g/mol. The van der Waals surface area contributed by atoms with Gasteiger partial charge >= 0.3 is 5.97 Å². The van der Waals surface area contributed by atoms with E-state index in [0.29, 0.717) is 4.90 Å². The fourth-order valence-electron chi connectivity index (χ4n) is 1.17. The summed E-state index contributed by atoms with van der Waals surface area (Å²) in [5, 5.41) is 8.59. The van der Waals surface area contributed by atoms with Crippen molar-refractivity contribution >= 4 is 26.6 Å².